The summed E-state index contributed by atoms with van der Waals surface area (Å²) in [4.78, 5) is 15.9. The number of carbonyl (C=O) groups excluding carboxylic acids is 1. The van der Waals surface area contributed by atoms with Gasteiger partial charge in [-0.3, -0.25) is 14.5 Å². The van der Waals surface area contributed by atoms with E-state index in [-0.39, 0.29) is 11.8 Å². The molecule has 0 spiro atoms. The molecule has 0 bridgehead atoms. The average molecular weight is 256 g/mol. The fourth-order valence-electron chi connectivity index (χ4n) is 1.90. The highest BCUT2D eigenvalue weighted by Gasteiger charge is 2.29. The van der Waals surface area contributed by atoms with Crippen molar-refractivity contribution in [1.82, 2.24) is 14.8 Å². The topological polar surface area (TPSA) is 59.8 Å². The second-order valence-electron chi connectivity index (χ2n) is 4.80. The summed E-state index contributed by atoms with van der Waals surface area (Å²) in [6.07, 6.45) is 6.52. The number of nitrogens with zero attached hydrogens (tertiary/aromatic N) is 3. The fourth-order valence-corrected chi connectivity index (χ4v) is 1.90. The molecular weight excluding hydrogens is 240 g/mol. The van der Waals surface area contributed by atoms with Gasteiger partial charge in [-0.1, -0.05) is 6.07 Å². The van der Waals surface area contributed by atoms with E-state index in [0.29, 0.717) is 5.82 Å². The maximum Gasteiger partial charge on any atom is 0.228 e. The van der Waals surface area contributed by atoms with Gasteiger partial charge in [-0.05, 0) is 25.0 Å². The molecule has 1 aliphatic carbocycles. The number of hydrogen-bond donors (Lipinski definition) is 1. The highest BCUT2D eigenvalue weighted by Crippen LogP contribution is 2.29. The van der Waals surface area contributed by atoms with E-state index in [1.54, 1.807) is 6.20 Å². The smallest absolute Gasteiger partial charge is 0.228 e. The van der Waals surface area contributed by atoms with Crippen molar-refractivity contribution in [2.45, 2.75) is 25.8 Å². The molecule has 1 saturated carbocycles. The van der Waals surface area contributed by atoms with E-state index in [9.17, 15) is 4.79 Å². The summed E-state index contributed by atoms with van der Waals surface area (Å²) in [5.74, 6) is 0.937. The van der Waals surface area contributed by atoms with Crippen LogP contribution in [0.2, 0.25) is 0 Å². The van der Waals surface area contributed by atoms with Crippen LogP contribution in [-0.4, -0.2) is 20.7 Å². The Morgan fingerprint density at radius 2 is 2.26 bits per heavy atom. The molecule has 1 N–H and O–H groups in total. The third kappa shape index (κ3) is 3.19. The second-order valence-corrected chi connectivity index (χ2v) is 4.80. The third-order valence-corrected chi connectivity index (χ3v) is 3.16. The highest BCUT2D eigenvalue weighted by atomic mass is 16.2. The van der Waals surface area contributed by atoms with Crippen LogP contribution in [0.1, 0.15) is 18.5 Å². The van der Waals surface area contributed by atoms with Gasteiger partial charge in [-0.15, -0.1) is 0 Å². The lowest BCUT2D eigenvalue weighted by molar-refractivity contribution is -0.117. The lowest BCUT2D eigenvalue weighted by Crippen LogP contribution is -2.14. The van der Waals surface area contributed by atoms with Crippen LogP contribution in [0.4, 0.5) is 5.82 Å². The first-order valence-electron chi connectivity index (χ1n) is 6.55. The molecule has 2 aromatic heterocycles. The van der Waals surface area contributed by atoms with Crippen molar-refractivity contribution in [3.8, 4) is 0 Å². The Balaban J connectivity index is 1.54. The Morgan fingerprint density at radius 3 is 3.00 bits per heavy atom. The van der Waals surface area contributed by atoms with E-state index in [1.807, 2.05) is 35.1 Å². The van der Waals surface area contributed by atoms with Gasteiger partial charge >= 0.3 is 0 Å². The zero-order valence-corrected chi connectivity index (χ0v) is 10.6. The zero-order chi connectivity index (χ0) is 13.1. The van der Waals surface area contributed by atoms with Gasteiger partial charge in [0.05, 0.1) is 0 Å². The Morgan fingerprint density at radius 1 is 1.37 bits per heavy atom. The molecule has 1 fully saturated rings. The van der Waals surface area contributed by atoms with Crippen LogP contribution in [0, 0.1) is 5.92 Å². The van der Waals surface area contributed by atoms with Crippen LogP contribution in [0.5, 0.6) is 0 Å². The average Bonchev–Trinajstić information content (AvgIpc) is 3.20. The second kappa shape index (κ2) is 5.22. The predicted molar refractivity (Wildman–Crippen MR) is 71.5 cm³/mol. The largest absolute Gasteiger partial charge is 0.309 e. The number of anilines is 1. The molecule has 5 nitrogen and oxygen atoms in total. The van der Waals surface area contributed by atoms with Crippen molar-refractivity contribution in [2.24, 2.45) is 5.92 Å². The Bertz CT molecular complexity index is 560. The third-order valence-electron chi connectivity index (χ3n) is 3.16. The fraction of sp³-hybridized carbons (Fsp3) is 0.357. The summed E-state index contributed by atoms with van der Waals surface area (Å²) < 4.78 is 1.83. The van der Waals surface area contributed by atoms with E-state index in [4.69, 9.17) is 0 Å². The first kappa shape index (κ1) is 11.9. The van der Waals surface area contributed by atoms with Crippen molar-refractivity contribution in [1.29, 1.82) is 0 Å². The van der Waals surface area contributed by atoms with Crippen LogP contribution >= 0.6 is 0 Å². The molecule has 2 heterocycles. The maximum atomic E-state index is 11.6. The molecule has 0 aliphatic heterocycles. The number of carbonyl (C=O) groups is 1. The van der Waals surface area contributed by atoms with E-state index in [0.717, 1.165) is 31.5 Å². The number of aromatic nitrogens is 3. The Kier molecular flexibility index (Phi) is 3.27. The lowest BCUT2D eigenvalue weighted by Gasteiger charge is -2.02. The minimum atomic E-state index is 0.0926. The first-order valence-corrected chi connectivity index (χ1v) is 6.55. The molecule has 1 aliphatic rings. The summed E-state index contributed by atoms with van der Waals surface area (Å²) in [6, 6.07) is 7.72. The van der Waals surface area contributed by atoms with E-state index >= 15 is 0 Å². The molecule has 2 aromatic rings. The van der Waals surface area contributed by atoms with Crippen molar-refractivity contribution < 1.29 is 4.79 Å². The molecule has 3 rings (SSSR count). The van der Waals surface area contributed by atoms with E-state index in [2.05, 4.69) is 15.4 Å². The summed E-state index contributed by atoms with van der Waals surface area (Å²) in [5, 5.41) is 7.17. The SMILES string of the molecule is O=C(Nc1ccn(CCc2ccccn2)n1)C1CC1. The quantitative estimate of drug-likeness (QED) is 0.888. The molecule has 5 heteroatoms. The van der Waals surface area contributed by atoms with Gasteiger partial charge in [0.25, 0.3) is 0 Å². The minimum Gasteiger partial charge on any atom is -0.309 e. The molecular formula is C14H16N4O. The summed E-state index contributed by atoms with van der Waals surface area (Å²) in [5.41, 5.74) is 1.04. The van der Waals surface area contributed by atoms with Gasteiger partial charge in [0.1, 0.15) is 0 Å². The van der Waals surface area contributed by atoms with Gasteiger partial charge in [-0.25, -0.2) is 0 Å². The van der Waals surface area contributed by atoms with Gasteiger partial charge in [0.15, 0.2) is 5.82 Å². The van der Waals surface area contributed by atoms with E-state index < -0.39 is 0 Å². The Hall–Kier alpha value is -2.17. The van der Waals surface area contributed by atoms with Gasteiger partial charge in [0.2, 0.25) is 5.91 Å². The summed E-state index contributed by atoms with van der Waals surface area (Å²) in [7, 11) is 0. The molecule has 0 aromatic carbocycles. The normalized spacial score (nSPS) is 14.3. The van der Waals surface area contributed by atoms with Crippen molar-refractivity contribution in [3.05, 3.63) is 42.4 Å². The minimum absolute atomic E-state index is 0.0926. The molecule has 1 amide bonds. The number of aryl methyl sites for hydroxylation is 2. The Labute approximate surface area is 111 Å². The van der Waals surface area contributed by atoms with Gasteiger partial charge in [0, 0.05) is 43.0 Å². The van der Waals surface area contributed by atoms with Crippen molar-refractivity contribution in [3.63, 3.8) is 0 Å². The molecule has 0 atom stereocenters. The zero-order valence-electron chi connectivity index (χ0n) is 10.6. The molecule has 0 saturated heterocycles. The summed E-state index contributed by atoms with van der Waals surface area (Å²) >= 11 is 0. The van der Waals surface area contributed by atoms with Crippen molar-refractivity contribution >= 4 is 11.7 Å². The van der Waals surface area contributed by atoms with Crippen LogP contribution in [-0.2, 0) is 17.8 Å². The lowest BCUT2D eigenvalue weighted by atomic mass is 10.3. The van der Waals surface area contributed by atoms with Crippen LogP contribution in [0.15, 0.2) is 36.7 Å². The van der Waals surface area contributed by atoms with Gasteiger partial charge < -0.3 is 5.32 Å². The molecule has 0 unspecified atom stereocenters. The van der Waals surface area contributed by atoms with Gasteiger partial charge in [-0.2, -0.15) is 5.10 Å². The standard InChI is InChI=1S/C14H16N4O/c19-14(11-4-5-11)16-13-7-10-18(17-13)9-6-12-3-1-2-8-15-12/h1-3,7-8,10-11H,4-6,9H2,(H,16,17,19). The molecule has 19 heavy (non-hydrogen) atoms. The number of rotatable bonds is 5. The number of amides is 1. The number of hydrogen-bond acceptors (Lipinski definition) is 3. The summed E-state index contributed by atoms with van der Waals surface area (Å²) in [6.45, 7) is 0.760. The van der Waals surface area contributed by atoms with Crippen LogP contribution < -0.4 is 5.32 Å². The predicted octanol–water partition coefficient (Wildman–Crippen LogP) is 1.87. The first-order chi connectivity index (χ1) is 9.31. The molecule has 0 radical (unpaired) electrons. The number of nitrogens with one attached hydrogen (secondary N) is 1. The number of pyridine rings is 1. The van der Waals surface area contributed by atoms with E-state index in [1.165, 1.54) is 0 Å². The molecule has 98 valence electrons. The monoisotopic (exact) mass is 256 g/mol. The maximum absolute atomic E-state index is 11.6. The van der Waals surface area contributed by atoms with Crippen LogP contribution in [0.25, 0.3) is 0 Å². The van der Waals surface area contributed by atoms with Crippen molar-refractivity contribution in [2.75, 3.05) is 5.32 Å². The highest BCUT2D eigenvalue weighted by molar-refractivity contribution is 5.93. The van der Waals surface area contributed by atoms with Crippen LogP contribution in [0.3, 0.4) is 0 Å².